The molecule has 23 heavy (non-hydrogen) atoms. The normalized spacial score (nSPS) is 20.7. The standard InChI is InChI=1S/C17H28N2O4/c1-12(16(21)19-14-9-5-6-10-14)23-15(20)11-18-17(22)13-7-3-2-4-8-13/h12-14H,2-11H2,1H3,(H,18,22)(H,19,21). The van der Waals surface area contributed by atoms with Gasteiger partial charge in [0.2, 0.25) is 5.91 Å². The number of amides is 2. The van der Waals surface area contributed by atoms with Crippen LogP contribution in [0.3, 0.4) is 0 Å². The fourth-order valence-corrected chi connectivity index (χ4v) is 3.35. The van der Waals surface area contributed by atoms with E-state index in [9.17, 15) is 14.4 Å². The van der Waals surface area contributed by atoms with Crippen molar-refractivity contribution in [2.45, 2.75) is 76.9 Å². The second kappa shape index (κ2) is 8.89. The highest BCUT2D eigenvalue weighted by molar-refractivity contribution is 5.86. The lowest BCUT2D eigenvalue weighted by atomic mass is 9.89. The van der Waals surface area contributed by atoms with Crippen molar-refractivity contribution < 1.29 is 19.1 Å². The van der Waals surface area contributed by atoms with Crippen molar-refractivity contribution in [1.82, 2.24) is 10.6 Å². The first-order valence-electron chi connectivity index (χ1n) is 8.84. The monoisotopic (exact) mass is 324 g/mol. The fraction of sp³-hybridized carbons (Fsp3) is 0.824. The SMILES string of the molecule is CC(OC(=O)CNC(=O)C1CCCCC1)C(=O)NC1CCCC1. The maximum Gasteiger partial charge on any atom is 0.326 e. The molecule has 0 saturated heterocycles. The fourth-order valence-electron chi connectivity index (χ4n) is 3.35. The van der Waals surface area contributed by atoms with Gasteiger partial charge < -0.3 is 15.4 Å². The minimum atomic E-state index is -0.824. The number of esters is 1. The maximum absolute atomic E-state index is 12.0. The highest BCUT2D eigenvalue weighted by atomic mass is 16.5. The predicted molar refractivity (Wildman–Crippen MR) is 85.5 cm³/mol. The lowest BCUT2D eigenvalue weighted by Gasteiger charge is -2.21. The molecule has 130 valence electrons. The first-order chi connectivity index (χ1) is 11.1. The molecule has 2 N–H and O–H groups in total. The van der Waals surface area contributed by atoms with E-state index in [0.29, 0.717) is 0 Å². The van der Waals surface area contributed by atoms with E-state index in [4.69, 9.17) is 4.74 Å². The molecule has 0 aromatic heterocycles. The summed E-state index contributed by atoms with van der Waals surface area (Å²) in [4.78, 5) is 35.7. The number of rotatable bonds is 6. The number of carbonyl (C=O) groups excluding carboxylic acids is 3. The smallest absolute Gasteiger partial charge is 0.326 e. The molecule has 6 heteroatoms. The van der Waals surface area contributed by atoms with E-state index < -0.39 is 12.1 Å². The molecule has 2 saturated carbocycles. The zero-order valence-corrected chi connectivity index (χ0v) is 13.9. The lowest BCUT2D eigenvalue weighted by Crippen LogP contribution is -2.42. The third kappa shape index (κ3) is 5.84. The Labute approximate surface area is 137 Å². The number of nitrogens with one attached hydrogen (secondary N) is 2. The van der Waals surface area contributed by atoms with Crippen LogP contribution in [0.25, 0.3) is 0 Å². The molecular formula is C17H28N2O4. The second-order valence-electron chi connectivity index (χ2n) is 6.67. The number of hydrogen-bond donors (Lipinski definition) is 2. The van der Waals surface area contributed by atoms with Crippen LogP contribution < -0.4 is 10.6 Å². The van der Waals surface area contributed by atoms with Crippen molar-refractivity contribution in [3.63, 3.8) is 0 Å². The van der Waals surface area contributed by atoms with Crippen LogP contribution in [-0.2, 0) is 19.1 Å². The summed E-state index contributed by atoms with van der Waals surface area (Å²) in [5, 5.41) is 5.52. The topological polar surface area (TPSA) is 84.5 Å². The molecule has 2 aliphatic rings. The highest BCUT2D eigenvalue weighted by Gasteiger charge is 2.24. The zero-order valence-electron chi connectivity index (χ0n) is 13.9. The predicted octanol–water partition coefficient (Wildman–Crippen LogP) is 1.67. The third-order valence-electron chi connectivity index (χ3n) is 4.76. The molecule has 2 amide bonds. The molecule has 0 spiro atoms. The summed E-state index contributed by atoms with van der Waals surface area (Å²) in [5.74, 6) is -0.892. The van der Waals surface area contributed by atoms with Crippen LogP contribution in [0, 0.1) is 5.92 Å². The number of carbonyl (C=O) groups is 3. The number of ether oxygens (including phenoxy) is 1. The molecule has 0 bridgehead atoms. The summed E-state index contributed by atoms with van der Waals surface area (Å²) in [7, 11) is 0. The van der Waals surface area contributed by atoms with Gasteiger partial charge in [-0.15, -0.1) is 0 Å². The van der Waals surface area contributed by atoms with E-state index in [-0.39, 0.29) is 30.3 Å². The summed E-state index contributed by atoms with van der Waals surface area (Å²) in [5.41, 5.74) is 0. The van der Waals surface area contributed by atoms with Crippen molar-refractivity contribution in [1.29, 1.82) is 0 Å². The van der Waals surface area contributed by atoms with E-state index in [2.05, 4.69) is 10.6 Å². The van der Waals surface area contributed by atoms with Crippen molar-refractivity contribution >= 4 is 17.8 Å². The molecule has 0 aliphatic heterocycles. The van der Waals surface area contributed by atoms with Gasteiger partial charge in [-0.3, -0.25) is 14.4 Å². The first-order valence-corrected chi connectivity index (χ1v) is 8.84. The van der Waals surface area contributed by atoms with Gasteiger partial charge in [-0.05, 0) is 32.6 Å². The van der Waals surface area contributed by atoms with E-state index in [0.717, 1.165) is 51.4 Å². The Balaban J connectivity index is 1.64. The van der Waals surface area contributed by atoms with Gasteiger partial charge in [0.25, 0.3) is 5.91 Å². The average Bonchev–Trinajstić information content (AvgIpc) is 3.06. The summed E-state index contributed by atoms with van der Waals surface area (Å²) in [6, 6.07) is 0.203. The Kier molecular flexibility index (Phi) is 6.86. The molecule has 2 fully saturated rings. The average molecular weight is 324 g/mol. The Hall–Kier alpha value is -1.59. The van der Waals surface area contributed by atoms with E-state index >= 15 is 0 Å². The quantitative estimate of drug-likeness (QED) is 0.728. The first kappa shape index (κ1) is 17.8. The summed E-state index contributed by atoms with van der Waals surface area (Å²) < 4.78 is 5.09. The largest absolute Gasteiger partial charge is 0.451 e. The van der Waals surface area contributed by atoms with Crippen LogP contribution in [0.5, 0.6) is 0 Å². The minimum Gasteiger partial charge on any atom is -0.451 e. The Morgan fingerprint density at radius 1 is 1.00 bits per heavy atom. The summed E-state index contributed by atoms with van der Waals surface area (Å²) in [6.45, 7) is 1.39. The van der Waals surface area contributed by atoms with E-state index in [1.807, 2.05) is 0 Å². The van der Waals surface area contributed by atoms with Crippen LogP contribution in [-0.4, -0.2) is 36.5 Å². The van der Waals surface area contributed by atoms with Gasteiger partial charge in [0.05, 0.1) is 0 Å². The molecule has 0 radical (unpaired) electrons. The van der Waals surface area contributed by atoms with Crippen LogP contribution >= 0.6 is 0 Å². The van der Waals surface area contributed by atoms with Crippen molar-refractivity contribution in [3.8, 4) is 0 Å². The highest BCUT2D eigenvalue weighted by Crippen LogP contribution is 2.23. The molecule has 2 aliphatic carbocycles. The van der Waals surface area contributed by atoms with Crippen LogP contribution in [0.1, 0.15) is 64.7 Å². The molecule has 0 aromatic carbocycles. The zero-order chi connectivity index (χ0) is 16.7. The van der Waals surface area contributed by atoms with Crippen molar-refractivity contribution in [2.75, 3.05) is 6.54 Å². The van der Waals surface area contributed by atoms with E-state index in [1.165, 1.54) is 6.42 Å². The molecule has 6 nitrogen and oxygen atoms in total. The van der Waals surface area contributed by atoms with Gasteiger partial charge in [0.1, 0.15) is 6.54 Å². The van der Waals surface area contributed by atoms with E-state index in [1.54, 1.807) is 6.92 Å². The van der Waals surface area contributed by atoms with Crippen molar-refractivity contribution in [3.05, 3.63) is 0 Å². The lowest BCUT2D eigenvalue weighted by molar-refractivity contribution is -0.154. The van der Waals surface area contributed by atoms with Gasteiger partial charge in [0, 0.05) is 12.0 Å². The van der Waals surface area contributed by atoms with Gasteiger partial charge in [-0.25, -0.2) is 0 Å². The second-order valence-corrected chi connectivity index (χ2v) is 6.67. The summed E-state index contributed by atoms with van der Waals surface area (Å²) in [6.07, 6.45) is 8.52. The molecule has 0 heterocycles. The number of hydrogen-bond acceptors (Lipinski definition) is 4. The van der Waals surface area contributed by atoms with Crippen LogP contribution in [0.2, 0.25) is 0 Å². The van der Waals surface area contributed by atoms with Crippen LogP contribution in [0.4, 0.5) is 0 Å². The Bertz CT molecular complexity index is 426. The molecule has 1 atom stereocenters. The molecule has 0 aromatic rings. The van der Waals surface area contributed by atoms with Gasteiger partial charge in [0.15, 0.2) is 6.10 Å². The van der Waals surface area contributed by atoms with Gasteiger partial charge >= 0.3 is 5.97 Å². The Morgan fingerprint density at radius 3 is 2.26 bits per heavy atom. The molecular weight excluding hydrogens is 296 g/mol. The van der Waals surface area contributed by atoms with Crippen LogP contribution in [0.15, 0.2) is 0 Å². The molecule has 2 rings (SSSR count). The van der Waals surface area contributed by atoms with Crippen molar-refractivity contribution in [2.24, 2.45) is 5.92 Å². The minimum absolute atomic E-state index is 0.0136. The molecule has 1 unspecified atom stereocenters. The van der Waals surface area contributed by atoms with Gasteiger partial charge in [-0.2, -0.15) is 0 Å². The Morgan fingerprint density at radius 2 is 1.61 bits per heavy atom. The van der Waals surface area contributed by atoms with Gasteiger partial charge in [-0.1, -0.05) is 32.1 Å². The maximum atomic E-state index is 12.0. The third-order valence-corrected chi connectivity index (χ3v) is 4.76. The summed E-state index contributed by atoms with van der Waals surface area (Å²) >= 11 is 0.